The smallest absolute Gasteiger partial charge is 0.340 e. The molecule has 0 radical (unpaired) electrons. The number of nitrogen functional groups attached to an aromatic ring is 1. The van der Waals surface area contributed by atoms with Gasteiger partial charge in [-0.3, -0.25) is 4.98 Å². The van der Waals surface area contributed by atoms with E-state index in [2.05, 4.69) is 4.98 Å². The first-order valence-electron chi connectivity index (χ1n) is 5.34. The Kier molecular flexibility index (Phi) is 3.46. The van der Waals surface area contributed by atoms with E-state index in [0.717, 1.165) is 0 Å². The van der Waals surface area contributed by atoms with Crippen LogP contribution in [0.25, 0.3) is 10.9 Å². The summed E-state index contributed by atoms with van der Waals surface area (Å²) < 4.78 is 54.4. The molecule has 0 aliphatic heterocycles. The van der Waals surface area contributed by atoms with E-state index >= 15 is 0 Å². The summed E-state index contributed by atoms with van der Waals surface area (Å²) in [6, 6.07) is 6.03. The number of anilines is 1. The molecule has 0 saturated carbocycles. The predicted octanol–water partition coefficient (Wildman–Crippen LogP) is 3.10. The minimum atomic E-state index is -4.21. The maximum Gasteiger partial charge on any atom is 0.340 e. The molecule has 0 saturated heterocycles. The summed E-state index contributed by atoms with van der Waals surface area (Å²) in [4.78, 5) is 3.95. The van der Waals surface area contributed by atoms with Crippen LogP contribution < -0.4 is 10.5 Å². The van der Waals surface area contributed by atoms with Gasteiger partial charge in [-0.15, -0.1) is 0 Å². The van der Waals surface area contributed by atoms with E-state index < -0.39 is 19.0 Å². The summed E-state index contributed by atoms with van der Waals surface area (Å²) in [5.41, 5.74) is 6.35. The van der Waals surface area contributed by atoms with Crippen molar-refractivity contribution in [3.8, 4) is 5.75 Å². The molecule has 3 nitrogen and oxygen atoms in total. The van der Waals surface area contributed by atoms with Crippen LogP contribution >= 0.6 is 0 Å². The number of fused-ring (bicyclic) bond motifs is 1. The lowest BCUT2D eigenvalue weighted by molar-refractivity contribution is -0.148. The molecule has 2 aromatic rings. The first-order valence-corrected chi connectivity index (χ1v) is 5.34. The van der Waals surface area contributed by atoms with Gasteiger partial charge in [0.15, 0.2) is 6.61 Å². The van der Waals surface area contributed by atoms with Crippen molar-refractivity contribution in [2.45, 2.75) is 12.3 Å². The molecule has 1 aromatic heterocycles. The van der Waals surface area contributed by atoms with E-state index in [1.165, 1.54) is 18.3 Å². The largest absolute Gasteiger partial charge is 0.485 e. The van der Waals surface area contributed by atoms with Crippen molar-refractivity contribution < 1.29 is 22.3 Å². The second-order valence-electron chi connectivity index (χ2n) is 3.90. The van der Waals surface area contributed by atoms with E-state index in [0.29, 0.717) is 11.1 Å². The molecule has 0 fully saturated rings. The first-order chi connectivity index (χ1) is 8.92. The van der Waals surface area contributed by atoms with E-state index in [1.807, 2.05) is 0 Å². The highest BCUT2D eigenvalue weighted by molar-refractivity contribution is 5.94. The molecular formula is C12H10F4N2O. The maximum atomic E-state index is 12.8. The molecule has 0 amide bonds. The zero-order chi connectivity index (χ0) is 14.0. The first kappa shape index (κ1) is 13.4. The number of ether oxygens (including phenoxy) is 1. The number of hydrogen-bond acceptors (Lipinski definition) is 3. The van der Waals surface area contributed by atoms with Gasteiger partial charge in [0.2, 0.25) is 0 Å². The van der Waals surface area contributed by atoms with Crippen molar-refractivity contribution in [1.29, 1.82) is 0 Å². The van der Waals surface area contributed by atoms with Gasteiger partial charge in [0.25, 0.3) is 0 Å². The topological polar surface area (TPSA) is 48.1 Å². The summed E-state index contributed by atoms with van der Waals surface area (Å²) in [6.45, 7) is -1.42. The van der Waals surface area contributed by atoms with Crippen molar-refractivity contribution in [2.24, 2.45) is 0 Å². The standard InChI is InChI=1S/C12H10F4N2O/c13-11(14)12(15,16)6-19-9-4-3-8(17)7-2-1-5-18-10(7)9/h1-5,11H,6,17H2. The Hall–Kier alpha value is -2.05. The van der Waals surface area contributed by atoms with E-state index in [-0.39, 0.29) is 11.3 Å². The molecule has 0 atom stereocenters. The zero-order valence-electron chi connectivity index (χ0n) is 9.62. The molecule has 0 spiro atoms. The molecule has 7 heteroatoms. The van der Waals surface area contributed by atoms with Gasteiger partial charge in [0.05, 0.1) is 0 Å². The van der Waals surface area contributed by atoms with Crippen LogP contribution in [0.3, 0.4) is 0 Å². The normalized spacial score (nSPS) is 12.1. The lowest BCUT2D eigenvalue weighted by Crippen LogP contribution is -2.33. The fourth-order valence-electron chi connectivity index (χ4n) is 1.52. The number of nitrogens with zero attached hydrogens (tertiary/aromatic N) is 1. The van der Waals surface area contributed by atoms with Crippen LogP contribution in [-0.4, -0.2) is 23.9 Å². The van der Waals surface area contributed by atoms with Crippen LogP contribution in [-0.2, 0) is 0 Å². The third-order valence-corrected chi connectivity index (χ3v) is 2.51. The van der Waals surface area contributed by atoms with Crippen LogP contribution in [0.5, 0.6) is 5.75 Å². The SMILES string of the molecule is Nc1ccc(OCC(F)(F)C(F)F)c2ncccc12. The highest BCUT2D eigenvalue weighted by Crippen LogP contribution is 2.30. The van der Waals surface area contributed by atoms with E-state index in [4.69, 9.17) is 10.5 Å². The molecule has 0 aliphatic rings. The Morgan fingerprint density at radius 2 is 2.00 bits per heavy atom. The summed E-state index contributed by atoms with van der Waals surface area (Å²) in [5.74, 6) is -4.22. The molecule has 19 heavy (non-hydrogen) atoms. The highest BCUT2D eigenvalue weighted by Gasteiger charge is 2.41. The Morgan fingerprint density at radius 1 is 1.26 bits per heavy atom. The lowest BCUT2D eigenvalue weighted by Gasteiger charge is -2.16. The minimum Gasteiger partial charge on any atom is -0.485 e. The van der Waals surface area contributed by atoms with Crippen molar-refractivity contribution in [1.82, 2.24) is 4.98 Å². The summed E-state index contributed by atoms with van der Waals surface area (Å²) >= 11 is 0. The van der Waals surface area contributed by atoms with Crippen molar-refractivity contribution in [2.75, 3.05) is 12.3 Å². The lowest BCUT2D eigenvalue weighted by atomic mass is 10.1. The third-order valence-electron chi connectivity index (χ3n) is 2.51. The van der Waals surface area contributed by atoms with Crippen molar-refractivity contribution in [3.05, 3.63) is 30.5 Å². The minimum absolute atomic E-state index is 0.00914. The van der Waals surface area contributed by atoms with Gasteiger partial charge in [-0.2, -0.15) is 8.78 Å². The fourth-order valence-corrected chi connectivity index (χ4v) is 1.52. The molecule has 2 rings (SSSR count). The monoisotopic (exact) mass is 274 g/mol. The highest BCUT2D eigenvalue weighted by atomic mass is 19.3. The molecular weight excluding hydrogens is 264 g/mol. The molecule has 1 aromatic carbocycles. The van der Waals surface area contributed by atoms with Crippen LogP contribution in [0.2, 0.25) is 0 Å². The average Bonchev–Trinajstić information content (AvgIpc) is 2.38. The Labute approximate surface area is 106 Å². The van der Waals surface area contributed by atoms with Gasteiger partial charge >= 0.3 is 12.3 Å². The Balaban J connectivity index is 2.29. The number of benzene rings is 1. The number of pyridine rings is 1. The summed E-state index contributed by atoms with van der Waals surface area (Å²) in [6.07, 6.45) is -2.35. The second kappa shape index (κ2) is 4.91. The molecule has 102 valence electrons. The van der Waals surface area contributed by atoms with E-state index in [9.17, 15) is 17.6 Å². The van der Waals surface area contributed by atoms with Gasteiger partial charge in [-0.25, -0.2) is 8.78 Å². The molecule has 0 aliphatic carbocycles. The molecule has 1 heterocycles. The number of rotatable bonds is 4. The Bertz CT molecular complexity index is 589. The third kappa shape index (κ3) is 2.69. The maximum absolute atomic E-state index is 12.8. The van der Waals surface area contributed by atoms with Crippen LogP contribution in [0.15, 0.2) is 30.5 Å². The van der Waals surface area contributed by atoms with Gasteiger partial charge in [0, 0.05) is 17.3 Å². The van der Waals surface area contributed by atoms with Gasteiger partial charge in [-0.05, 0) is 24.3 Å². The number of aromatic nitrogens is 1. The summed E-state index contributed by atoms with van der Waals surface area (Å²) in [5, 5.41) is 0.514. The molecule has 0 unspecified atom stereocenters. The zero-order valence-corrected chi connectivity index (χ0v) is 9.62. The quantitative estimate of drug-likeness (QED) is 0.688. The number of nitrogens with two attached hydrogens (primary N) is 1. The number of halogens is 4. The molecule has 2 N–H and O–H groups in total. The fraction of sp³-hybridized carbons (Fsp3) is 0.250. The van der Waals surface area contributed by atoms with Crippen LogP contribution in [0.4, 0.5) is 23.2 Å². The van der Waals surface area contributed by atoms with E-state index in [1.54, 1.807) is 12.1 Å². The number of alkyl halides is 4. The predicted molar refractivity (Wildman–Crippen MR) is 62.6 cm³/mol. The number of hydrogen-bond donors (Lipinski definition) is 1. The Morgan fingerprint density at radius 3 is 2.68 bits per heavy atom. The van der Waals surface area contributed by atoms with Gasteiger partial charge in [0.1, 0.15) is 11.3 Å². The van der Waals surface area contributed by atoms with Crippen molar-refractivity contribution >= 4 is 16.6 Å². The summed E-state index contributed by atoms with van der Waals surface area (Å²) in [7, 11) is 0. The van der Waals surface area contributed by atoms with Gasteiger partial charge < -0.3 is 10.5 Å². The van der Waals surface area contributed by atoms with Gasteiger partial charge in [-0.1, -0.05) is 0 Å². The average molecular weight is 274 g/mol. The molecule has 0 bridgehead atoms. The van der Waals surface area contributed by atoms with Crippen LogP contribution in [0.1, 0.15) is 0 Å². The second-order valence-corrected chi connectivity index (χ2v) is 3.90. The van der Waals surface area contributed by atoms with Crippen LogP contribution in [0, 0.1) is 0 Å². The van der Waals surface area contributed by atoms with Crippen molar-refractivity contribution in [3.63, 3.8) is 0 Å².